The SMILES string of the molecule is CCCCCCc1ccc(Sc2ccc(Sc3ccc(CCCCCC)cc3)c3c2C(=O)c2c(Sc4ccc(CCCCCC)cc4)ccc(Sc4ccc(-c5ccc(C6CCC(CCC)CC6)cc5)cc4)c2C3=O)cc1. The molecule has 7 aromatic rings. The number of unbranched alkanes of at least 4 members (excludes halogenated alkanes) is 9. The summed E-state index contributed by atoms with van der Waals surface area (Å²) >= 11 is 6.36. The Morgan fingerprint density at radius 3 is 0.961 bits per heavy atom. The number of benzene rings is 7. The first-order valence-corrected chi connectivity index (χ1v) is 32.7. The van der Waals surface area contributed by atoms with Crippen LogP contribution in [0.2, 0.25) is 0 Å². The number of hydrogen-bond acceptors (Lipinski definition) is 6. The van der Waals surface area contributed by atoms with E-state index in [9.17, 15) is 0 Å². The van der Waals surface area contributed by atoms with Gasteiger partial charge < -0.3 is 0 Å². The summed E-state index contributed by atoms with van der Waals surface area (Å²) in [5.41, 5.74) is 9.90. The number of aryl methyl sites for hydroxylation is 3. The molecule has 0 unspecified atom stereocenters. The highest BCUT2D eigenvalue weighted by atomic mass is 32.2. The highest BCUT2D eigenvalue weighted by Crippen LogP contribution is 2.49. The molecule has 1 saturated carbocycles. The van der Waals surface area contributed by atoms with Crippen molar-refractivity contribution >= 4 is 58.6 Å². The fraction of sp³-hybridized carbons (Fsp3) is 0.380. The van der Waals surface area contributed by atoms with E-state index in [0.717, 1.165) is 64.3 Å². The third-order valence-electron chi connectivity index (χ3n) is 15.9. The predicted molar refractivity (Wildman–Crippen MR) is 331 cm³/mol. The summed E-state index contributed by atoms with van der Waals surface area (Å²) < 4.78 is 0. The van der Waals surface area contributed by atoms with E-state index in [1.807, 2.05) is 0 Å². The van der Waals surface area contributed by atoms with Crippen LogP contribution in [0.5, 0.6) is 0 Å². The highest BCUT2D eigenvalue weighted by Gasteiger charge is 2.38. The minimum Gasteiger partial charge on any atom is -0.288 e. The maximum Gasteiger partial charge on any atom is 0.196 e. The second-order valence-electron chi connectivity index (χ2n) is 21.7. The summed E-state index contributed by atoms with van der Waals surface area (Å²) in [4.78, 5) is 39.3. The highest BCUT2D eigenvalue weighted by molar-refractivity contribution is 8.00. The molecular weight excluding hydrogens is 1010 g/mol. The van der Waals surface area contributed by atoms with Crippen LogP contribution < -0.4 is 0 Å². The van der Waals surface area contributed by atoms with Gasteiger partial charge in [0.05, 0.1) is 0 Å². The van der Waals surface area contributed by atoms with Crippen LogP contribution >= 0.6 is 47.0 Å². The third-order valence-corrected chi connectivity index (χ3v) is 20.2. The topological polar surface area (TPSA) is 34.1 Å². The van der Waals surface area contributed by atoms with Crippen LogP contribution in [0.25, 0.3) is 11.1 Å². The number of fused-ring (bicyclic) bond motifs is 2. The van der Waals surface area contributed by atoms with Crippen LogP contribution in [0, 0.1) is 5.92 Å². The molecule has 0 radical (unpaired) electrons. The van der Waals surface area contributed by atoms with Crippen LogP contribution in [-0.2, 0) is 19.3 Å². The fourth-order valence-corrected chi connectivity index (χ4v) is 15.3. The largest absolute Gasteiger partial charge is 0.288 e. The second-order valence-corrected chi connectivity index (χ2v) is 26.2. The Hall–Kier alpha value is -4.72. The average molecular weight is 1090 g/mol. The van der Waals surface area contributed by atoms with E-state index < -0.39 is 0 Å². The maximum atomic E-state index is 15.9. The summed E-state index contributed by atoms with van der Waals surface area (Å²) in [6, 6.07) is 52.9. The van der Waals surface area contributed by atoms with Gasteiger partial charge in [-0.15, -0.1) is 0 Å². The standard InChI is InChI=1S/C71H80O2S4/c1-5-9-12-15-19-51-24-38-58(39-25-51)74-62-46-47-63(75-59-40-26-52(27-41-59)20-16-13-10-6-2)67-66(62)70(72)68-64(76-60-42-28-53(29-43-60)21-17-14-11-7-3)48-49-65(69(68)71(67)73)77-61-44-36-57(37-45-61)56-34-32-55(33-35-56)54-30-22-50(18-8-4)23-31-54/h24-29,32-50,54H,5-23,30-31H2,1-4H3. The third kappa shape index (κ3) is 15.1. The van der Waals surface area contributed by atoms with Gasteiger partial charge in [-0.05, 0) is 182 Å². The van der Waals surface area contributed by atoms with Gasteiger partial charge in [0, 0.05) is 61.4 Å². The van der Waals surface area contributed by atoms with E-state index >= 15 is 9.59 Å². The van der Waals surface area contributed by atoms with Gasteiger partial charge in [-0.2, -0.15) is 0 Å². The van der Waals surface area contributed by atoms with Crippen molar-refractivity contribution in [2.24, 2.45) is 5.92 Å². The molecule has 0 atom stereocenters. The molecule has 0 N–H and O–H groups in total. The Balaban J connectivity index is 1.05. The molecule has 7 aromatic carbocycles. The quantitative estimate of drug-likeness (QED) is 0.0478. The number of ketones is 2. The molecular formula is C71H80O2S4. The van der Waals surface area contributed by atoms with E-state index in [0.29, 0.717) is 28.2 Å². The second kappa shape index (κ2) is 28.9. The fourth-order valence-electron chi connectivity index (χ4n) is 11.4. The van der Waals surface area contributed by atoms with Crippen molar-refractivity contribution in [3.63, 3.8) is 0 Å². The lowest BCUT2D eigenvalue weighted by atomic mass is 9.77. The van der Waals surface area contributed by atoms with Crippen LogP contribution in [-0.4, -0.2) is 11.6 Å². The number of carbonyl (C=O) groups is 2. The van der Waals surface area contributed by atoms with Crippen molar-refractivity contribution in [3.8, 4) is 11.1 Å². The van der Waals surface area contributed by atoms with Gasteiger partial charge in [0.15, 0.2) is 11.6 Å². The zero-order valence-electron chi connectivity index (χ0n) is 46.3. The molecule has 0 spiro atoms. The normalized spacial score (nSPS) is 15.2. The van der Waals surface area contributed by atoms with Crippen molar-refractivity contribution in [2.75, 3.05) is 0 Å². The lowest BCUT2D eigenvalue weighted by Crippen LogP contribution is -2.24. The van der Waals surface area contributed by atoms with Gasteiger partial charge in [-0.3, -0.25) is 9.59 Å². The number of carbonyl (C=O) groups excluding carboxylic acids is 2. The summed E-state index contributed by atoms with van der Waals surface area (Å²) in [5.74, 6) is 1.40. The summed E-state index contributed by atoms with van der Waals surface area (Å²) in [7, 11) is 0. The lowest BCUT2D eigenvalue weighted by molar-refractivity contribution is 0.0970. The maximum absolute atomic E-state index is 15.9. The molecule has 0 aliphatic heterocycles. The molecule has 0 bridgehead atoms. The Morgan fingerprint density at radius 2 is 0.649 bits per heavy atom. The summed E-state index contributed by atoms with van der Waals surface area (Å²) in [5, 5.41) is 0. The minimum atomic E-state index is -0.0857. The van der Waals surface area contributed by atoms with Gasteiger partial charge in [0.2, 0.25) is 0 Å². The molecule has 0 heterocycles. The average Bonchev–Trinajstić information content (AvgIpc) is 3.46. The van der Waals surface area contributed by atoms with E-state index in [1.165, 1.54) is 149 Å². The van der Waals surface area contributed by atoms with Gasteiger partial charge in [0.25, 0.3) is 0 Å². The van der Waals surface area contributed by atoms with Crippen molar-refractivity contribution in [2.45, 2.75) is 208 Å². The number of hydrogen-bond donors (Lipinski definition) is 0. The first-order chi connectivity index (χ1) is 37.8. The first kappa shape index (κ1) is 57.0. The summed E-state index contributed by atoms with van der Waals surface area (Å²) in [6.07, 6.45) is 25.9. The van der Waals surface area contributed by atoms with Gasteiger partial charge >= 0.3 is 0 Å². The molecule has 0 aromatic heterocycles. The van der Waals surface area contributed by atoms with E-state index in [1.54, 1.807) is 47.0 Å². The van der Waals surface area contributed by atoms with Crippen molar-refractivity contribution in [3.05, 3.63) is 190 Å². The smallest absolute Gasteiger partial charge is 0.196 e. The Bertz CT molecular complexity index is 3000. The molecule has 6 heteroatoms. The molecule has 400 valence electrons. The molecule has 0 amide bonds. The Labute approximate surface area is 479 Å². The zero-order valence-corrected chi connectivity index (χ0v) is 49.6. The molecule has 1 fully saturated rings. The molecule has 0 saturated heterocycles. The Kier molecular flexibility index (Phi) is 21.4. The van der Waals surface area contributed by atoms with Crippen LogP contribution in [0.15, 0.2) is 185 Å². The predicted octanol–water partition coefficient (Wildman–Crippen LogP) is 22.2. The number of rotatable bonds is 27. The molecule has 2 aliphatic rings. The van der Waals surface area contributed by atoms with Crippen molar-refractivity contribution in [1.82, 2.24) is 0 Å². The monoisotopic (exact) mass is 1090 g/mol. The van der Waals surface area contributed by atoms with Crippen molar-refractivity contribution in [1.29, 1.82) is 0 Å². The van der Waals surface area contributed by atoms with E-state index in [2.05, 4.69) is 173 Å². The van der Waals surface area contributed by atoms with Crippen LogP contribution in [0.1, 0.15) is 203 Å². The van der Waals surface area contributed by atoms with Crippen molar-refractivity contribution < 1.29 is 9.59 Å². The minimum absolute atomic E-state index is 0.0835. The lowest BCUT2D eigenvalue weighted by Gasteiger charge is -2.28. The van der Waals surface area contributed by atoms with Crippen LogP contribution in [0.3, 0.4) is 0 Å². The van der Waals surface area contributed by atoms with Gasteiger partial charge in [0.1, 0.15) is 0 Å². The van der Waals surface area contributed by atoms with Crippen LogP contribution in [0.4, 0.5) is 0 Å². The molecule has 9 rings (SSSR count). The Morgan fingerprint density at radius 1 is 0.338 bits per heavy atom. The van der Waals surface area contributed by atoms with E-state index in [4.69, 9.17) is 0 Å². The molecule has 2 aliphatic carbocycles. The molecule has 2 nitrogen and oxygen atoms in total. The zero-order chi connectivity index (χ0) is 53.3. The molecule has 77 heavy (non-hydrogen) atoms. The van der Waals surface area contributed by atoms with Gasteiger partial charge in [-0.25, -0.2) is 0 Å². The van der Waals surface area contributed by atoms with E-state index in [-0.39, 0.29) is 11.6 Å². The first-order valence-electron chi connectivity index (χ1n) is 29.4. The van der Waals surface area contributed by atoms with Gasteiger partial charge in [-0.1, -0.05) is 218 Å². The summed E-state index contributed by atoms with van der Waals surface area (Å²) in [6.45, 7) is 9.08.